The van der Waals surface area contributed by atoms with Crippen molar-refractivity contribution in [1.82, 2.24) is 4.98 Å². The van der Waals surface area contributed by atoms with Crippen molar-refractivity contribution in [2.24, 2.45) is 0 Å². The smallest absolute Gasteiger partial charge is 0.256 e. The third-order valence-corrected chi connectivity index (χ3v) is 3.71. The lowest BCUT2D eigenvalue weighted by Crippen LogP contribution is -2.06. The van der Waals surface area contributed by atoms with Crippen molar-refractivity contribution in [2.75, 3.05) is 7.11 Å². The number of nitrogens with one attached hydrogen (secondary N) is 1. The number of hydrogen-bond donors (Lipinski definition) is 1. The van der Waals surface area contributed by atoms with Gasteiger partial charge in [-0.05, 0) is 46.0 Å². The van der Waals surface area contributed by atoms with Gasteiger partial charge in [-0.2, -0.15) is 0 Å². The maximum Gasteiger partial charge on any atom is 0.256 e. The number of pyridine rings is 1. The van der Waals surface area contributed by atoms with Gasteiger partial charge in [0.25, 0.3) is 5.56 Å². The molecule has 0 spiro atoms. The van der Waals surface area contributed by atoms with Crippen LogP contribution in [0.15, 0.2) is 45.8 Å². The summed E-state index contributed by atoms with van der Waals surface area (Å²) >= 11 is 3.46. The van der Waals surface area contributed by atoms with E-state index in [1.54, 1.807) is 13.3 Å². The molecule has 0 aliphatic carbocycles. The highest BCUT2D eigenvalue weighted by Gasteiger charge is 2.09. The zero-order chi connectivity index (χ0) is 13.4. The minimum atomic E-state index is -0.0652. The van der Waals surface area contributed by atoms with E-state index in [-0.39, 0.29) is 5.56 Å². The number of benzene rings is 2. The van der Waals surface area contributed by atoms with E-state index in [1.165, 1.54) is 0 Å². The minimum absolute atomic E-state index is 0.0652. The van der Waals surface area contributed by atoms with Crippen molar-refractivity contribution in [3.05, 3.63) is 56.9 Å². The summed E-state index contributed by atoms with van der Waals surface area (Å²) in [6, 6.07) is 9.90. The van der Waals surface area contributed by atoms with E-state index in [9.17, 15) is 4.79 Å². The van der Waals surface area contributed by atoms with E-state index in [0.29, 0.717) is 6.61 Å². The lowest BCUT2D eigenvalue weighted by atomic mass is 9.99. The van der Waals surface area contributed by atoms with Crippen LogP contribution in [0.25, 0.3) is 21.5 Å². The van der Waals surface area contributed by atoms with Crippen LogP contribution in [0.4, 0.5) is 0 Å². The molecule has 3 aromatic rings. The Morgan fingerprint density at radius 2 is 2.05 bits per heavy atom. The summed E-state index contributed by atoms with van der Waals surface area (Å²) in [6.07, 6.45) is 1.67. The highest BCUT2D eigenvalue weighted by atomic mass is 79.9. The molecular formula is C15H12BrNO2. The Bertz CT molecular complexity index is 823. The highest BCUT2D eigenvalue weighted by Crippen LogP contribution is 2.29. The molecule has 1 N–H and O–H groups in total. The van der Waals surface area contributed by atoms with E-state index in [2.05, 4.69) is 20.9 Å². The van der Waals surface area contributed by atoms with Crippen molar-refractivity contribution in [2.45, 2.75) is 6.61 Å². The Hall–Kier alpha value is -1.65. The van der Waals surface area contributed by atoms with Gasteiger partial charge < -0.3 is 9.72 Å². The Balaban J connectivity index is 2.55. The SMILES string of the molecule is COCc1cc2cc[nH]c(=O)c2c2cc(Br)ccc12. The summed E-state index contributed by atoms with van der Waals surface area (Å²) in [6.45, 7) is 0.529. The molecule has 0 atom stereocenters. The fraction of sp³-hybridized carbons (Fsp3) is 0.133. The molecular weight excluding hydrogens is 306 g/mol. The second-order valence-electron chi connectivity index (χ2n) is 4.43. The molecule has 2 aromatic carbocycles. The van der Waals surface area contributed by atoms with E-state index in [4.69, 9.17) is 4.74 Å². The summed E-state index contributed by atoms with van der Waals surface area (Å²) in [5, 5.41) is 3.65. The zero-order valence-corrected chi connectivity index (χ0v) is 12.0. The second-order valence-corrected chi connectivity index (χ2v) is 5.35. The average Bonchev–Trinajstić information content (AvgIpc) is 2.38. The number of aromatic amines is 1. The van der Waals surface area contributed by atoms with Gasteiger partial charge in [0.1, 0.15) is 0 Å². The van der Waals surface area contributed by atoms with E-state index in [0.717, 1.165) is 31.6 Å². The number of fused-ring (bicyclic) bond motifs is 3. The maximum atomic E-state index is 12.1. The van der Waals surface area contributed by atoms with Gasteiger partial charge in [-0.3, -0.25) is 4.79 Å². The molecule has 0 aliphatic heterocycles. The van der Waals surface area contributed by atoms with Crippen molar-refractivity contribution in [3.8, 4) is 0 Å². The van der Waals surface area contributed by atoms with E-state index >= 15 is 0 Å². The molecule has 0 fully saturated rings. The summed E-state index contributed by atoms with van der Waals surface area (Å²) in [7, 11) is 1.67. The molecule has 19 heavy (non-hydrogen) atoms. The van der Waals surface area contributed by atoms with Gasteiger partial charge in [0, 0.05) is 17.8 Å². The Labute approximate surface area is 118 Å². The molecule has 0 bridgehead atoms. The van der Waals surface area contributed by atoms with Gasteiger partial charge in [-0.1, -0.05) is 22.0 Å². The van der Waals surface area contributed by atoms with Gasteiger partial charge >= 0.3 is 0 Å². The molecule has 0 amide bonds. The predicted octanol–water partition coefficient (Wildman–Crippen LogP) is 3.59. The maximum absolute atomic E-state index is 12.1. The quantitative estimate of drug-likeness (QED) is 0.734. The van der Waals surface area contributed by atoms with E-state index in [1.807, 2.05) is 30.3 Å². The summed E-state index contributed by atoms with van der Waals surface area (Å²) < 4.78 is 6.21. The van der Waals surface area contributed by atoms with Crippen molar-refractivity contribution in [1.29, 1.82) is 0 Å². The van der Waals surface area contributed by atoms with Gasteiger partial charge in [0.15, 0.2) is 0 Å². The number of rotatable bonds is 2. The van der Waals surface area contributed by atoms with Gasteiger partial charge in [-0.25, -0.2) is 0 Å². The van der Waals surface area contributed by atoms with Crippen LogP contribution >= 0.6 is 15.9 Å². The molecule has 3 rings (SSSR count). The normalized spacial score (nSPS) is 11.3. The lowest BCUT2D eigenvalue weighted by Gasteiger charge is -2.09. The zero-order valence-electron chi connectivity index (χ0n) is 10.4. The van der Waals surface area contributed by atoms with Crippen molar-refractivity contribution < 1.29 is 4.74 Å². The Morgan fingerprint density at radius 1 is 1.21 bits per heavy atom. The van der Waals surface area contributed by atoms with Crippen LogP contribution in [-0.2, 0) is 11.3 Å². The topological polar surface area (TPSA) is 42.1 Å². The Morgan fingerprint density at radius 3 is 2.84 bits per heavy atom. The molecule has 0 saturated heterocycles. The first-order chi connectivity index (χ1) is 9.20. The number of ether oxygens (including phenoxy) is 1. The van der Waals surface area contributed by atoms with Crippen LogP contribution in [0.5, 0.6) is 0 Å². The monoisotopic (exact) mass is 317 g/mol. The number of aromatic nitrogens is 1. The molecule has 96 valence electrons. The first-order valence-corrected chi connectivity index (χ1v) is 6.71. The van der Waals surface area contributed by atoms with Crippen LogP contribution in [-0.4, -0.2) is 12.1 Å². The number of methoxy groups -OCH3 is 1. The molecule has 1 aromatic heterocycles. The van der Waals surface area contributed by atoms with Gasteiger partial charge in [-0.15, -0.1) is 0 Å². The van der Waals surface area contributed by atoms with Crippen molar-refractivity contribution >= 4 is 37.5 Å². The first kappa shape index (κ1) is 12.4. The number of halogens is 1. The van der Waals surface area contributed by atoms with Crippen LogP contribution < -0.4 is 5.56 Å². The third kappa shape index (κ3) is 2.07. The molecule has 0 radical (unpaired) electrons. The first-order valence-electron chi connectivity index (χ1n) is 5.92. The summed E-state index contributed by atoms with van der Waals surface area (Å²) in [5.74, 6) is 0. The fourth-order valence-electron chi connectivity index (χ4n) is 2.44. The average molecular weight is 318 g/mol. The second kappa shape index (κ2) is 4.79. The molecule has 1 heterocycles. The molecule has 4 heteroatoms. The fourth-order valence-corrected chi connectivity index (χ4v) is 2.80. The van der Waals surface area contributed by atoms with Gasteiger partial charge in [0.2, 0.25) is 0 Å². The summed E-state index contributed by atoms with van der Waals surface area (Å²) in [4.78, 5) is 14.8. The van der Waals surface area contributed by atoms with Crippen LogP contribution in [0.3, 0.4) is 0 Å². The molecule has 0 saturated carbocycles. The number of H-pyrrole nitrogens is 1. The molecule has 0 unspecified atom stereocenters. The largest absolute Gasteiger partial charge is 0.380 e. The molecule has 3 nitrogen and oxygen atoms in total. The highest BCUT2D eigenvalue weighted by molar-refractivity contribution is 9.10. The Kier molecular flexibility index (Phi) is 3.12. The van der Waals surface area contributed by atoms with Crippen molar-refractivity contribution in [3.63, 3.8) is 0 Å². The number of hydrogen-bond acceptors (Lipinski definition) is 2. The standard InChI is InChI=1S/C15H12BrNO2/c1-19-8-10-6-9-4-5-17-15(18)14(9)13-7-11(16)2-3-12(10)13/h2-7H,8H2,1H3,(H,17,18). The van der Waals surface area contributed by atoms with Crippen LogP contribution in [0, 0.1) is 0 Å². The lowest BCUT2D eigenvalue weighted by molar-refractivity contribution is 0.186. The van der Waals surface area contributed by atoms with Crippen LogP contribution in [0.2, 0.25) is 0 Å². The summed E-state index contributed by atoms with van der Waals surface area (Å²) in [5.41, 5.74) is 1.02. The predicted molar refractivity (Wildman–Crippen MR) is 80.5 cm³/mol. The molecule has 0 aliphatic rings. The third-order valence-electron chi connectivity index (χ3n) is 3.22. The van der Waals surface area contributed by atoms with E-state index < -0.39 is 0 Å². The van der Waals surface area contributed by atoms with Crippen LogP contribution in [0.1, 0.15) is 5.56 Å². The minimum Gasteiger partial charge on any atom is -0.380 e. The van der Waals surface area contributed by atoms with Gasteiger partial charge in [0.05, 0.1) is 12.0 Å².